The molecule has 0 radical (unpaired) electrons. The Labute approximate surface area is 131 Å². The van der Waals surface area contributed by atoms with Gasteiger partial charge in [0.1, 0.15) is 0 Å². The van der Waals surface area contributed by atoms with Crippen molar-refractivity contribution >= 4 is 67.1 Å². The van der Waals surface area contributed by atoms with Gasteiger partial charge >= 0.3 is 0 Å². The monoisotopic (exact) mass is 440 g/mol. The number of nitrogens with one attached hydrogen (secondary N) is 1. The molecule has 0 saturated carbocycles. The highest BCUT2D eigenvalue weighted by Gasteiger charge is 2.39. The zero-order valence-electron chi connectivity index (χ0n) is 9.23. The van der Waals surface area contributed by atoms with Crippen molar-refractivity contribution in [1.82, 2.24) is 4.90 Å². The van der Waals surface area contributed by atoms with E-state index in [1.807, 2.05) is 24.3 Å². The number of halogens is 2. The number of rotatable bonds is 4. The number of amides is 2. The minimum Gasteiger partial charge on any atom is -0.365 e. The Morgan fingerprint density at radius 2 is 2.00 bits per heavy atom. The molecule has 1 aliphatic heterocycles. The van der Waals surface area contributed by atoms with Crippen LogP contribution in [0.5, 0.6) is 0 Å². The minimum atomic E-state index is -0.517. The highest BCUT2D eigenvalue weighted by molar-refractivity contribution is 14.1. The number of benzene rings is 1. The number of imide groups is 1. The van der Waals surface area contributed by atoms with Crippen LogP contribution in [0.25, 0.3) is 0 Å². The van der Waals surface area contributed by atoms with E-state index >= 15 is 0 Å². The Bertz CT molecular complexity index is 469. The zero-order valence-corrected chi connectivity index (χ0v) is 13.8. The van der Waals surface area contributed by atoms with E-state index in [4.69, 9.17) is 0 Å². The average Bonchev–Trinajstić information content (AvgIpc) is 2.60. The van der Waals surface area contributed by atoms with E-state index in [2.05, 4.69) is 43.8 Å². The first kappa shape index (κ1) is 14.1. The minimum absolute atomic E-state index is 0.178. The molecule has 4 nitrogen and oxygen atoms in total. The Balaban J connectivity index is 2.05. The summed E-state index contributed by atoms with van der Waals surface area (Å²) in [5.74, 6) is -0.178. The van der Waals surface area contributed by atoms with Gasteiger partial charge in [0.15, 0.2) is 5.37 Å². The third kappa shape index (κ3) is 3.18. The van der Waals surface area contributed by atoms with Crippen molar-refractivity contribution in [1.29, 1.82) is 0 Å². The van der Waals surface area contributed by atoms with Gasteiger partial charge in [0.2, 0.25) is 0 Å². The fourth-order valence-corrected chi connectivity index (χ4v) is 3.17. The predicted octanol–water partition coefficient (Wildman–Crippen LogP) is 3.12. The van der Waals surface area contributed by atoms with Gasteiger partial charge in [-0.1, -0.05) is 15.9 Å². The van der Waals surface area contributed by atoms with Gasteiger partial charge in [-0.3, -0.25) is 14.5 Å². The number of alkyl halides is 1. The molecule has 0 aromatic heterocycles. The Kier molecular flexibility index (Phi) is 4.91. The van der Waals surface area contributed by atoms with E-state index in [0.29, 0.717) is 11.9 Å². The van der Waals surface area contributed by atoms with Gasteiger partial charge in [0.25, 0.3) is 11.1 Å². The lowest BCUT2D eigenvalue weighted by Crippen LogP contribution is -2.35. The van der Waals surface area contributed by atoms with Gasteiger partial charge in [-0.25, -0.2) is 0 Å². The average molecular weight is 441 g/mol. The van der Waals surface area contributed by atoms with Crippen LogP contribution in [-0.4, -0.2) is 33.3 Å². The molecular weight excluding hydrogens is 431 g/mol. The maximum absolute atomic E-state index is 12.0. The molecule has 1 aromatic carbocycles. The zero-order chi connectivity index (χ0) is 13.1. The second kappa shape index (κ2) is 6.25. The van der Waals surface area contributed by atoms with E-state index in [-0.39, 0.29) is 11.1 Å². The van der Waals surface area contributed by atoms with Crippen LogP contribution >= 0.6 is 50.3 Å². The van der Waals surface area contributed by atoms with E-state index in [1.54, 1.807) is 0 Å². The number of hydrogen-bond donors (Lipinski definition) is 1. The van der Waals surface area contributed by atoms with Crippen molar-refractivity contribution in [3.05, 3.63) is 27.8 Å². The molecule has 1 aromatic rings. The molecule has 1 fully saturated rings. The fourth-order valence-electron chi connectivity index (χ4n) is 1.52. The highest BCUT2D eigenvalue weighted by atomic mass is 127. The van der Waals surface area contributed by atoms with Crippen LogP contribution in [0.2, 0.25) is 0 Å². The van der Waals surface area contributed by atoms with Crippen LogP contribution < -0.4 is 5.32 Å². The number of nitrogens with zero attached hydrogens (tertiary/aromatic N) is 1. The van der Waals surface area contributed by atoms with Crippen molar-refractivity contribution in [2.24, 2.45) is 0 Å². The third-order valence-corrected chi connectivity index (χ3v) is 4.43. The van der Waals surface area contributed by atoms with Gasteiger partial charge in [-0.15, -0.1) is 0 Å². The largest absolute Gasteiger partial charge is 0.365 e. The summed E-state index contributed by atoms with van der Waals surface area (Å²) in [5, 5.41) is 2.96. The summed E-state index contributed by atoms with van der Waals surface area (Å²) in [6.45, 7) is 0.412. The van der Waals surface area contributed by atoms with E-state index in [1.165, 1.54) is 4.90 Å². The van der Waals surface area contributed by atoms with Crippen LogP contribution in [0.1, 0.15) is 0 Å². The second-order valence-electron chi connectivity index (χ2n) is 3.59. The van der Waals surface area contributed by atoms with Gasteiger partial charge in [0.05, 0.1) is 0 Å². The number of carbonyl (C=O) groups excluding carboxylic acids is 2. The van der Waals surface area contributed by atoms with Crippen LogP contribution in [0.15, 0.2) is 24.3 Å². The lowest BCUT2D eigenvalue weighted by atomic mass is 10.3. The summed E-state index contributed by atoms with van der Waals surface area (Å²) in [5.41, 5.74) is 0.842. The lowest BCUT2D eigenvalue weighted by molar-refractivity contribution is -0.125. The molecule has 0 unspecified atom stereocenters. The van der Waals surface area contributed by atoms with Gasteiger partial charge in [-0.05, 0) is 58.6 Å². The molecule has 7 heteroatoms. The van der Waals surface area contributed by atoms with Crippen molar-refractivity contribution in [2.75, 3.05) is 17.2 Å². The van der Waals surface area contributed by atoms with Crippen molar-refractivity contribution in [3.8, 4) is 0 Å². The third-order valence-electron chi connectivity index (χ3n) is 2.38. The van der Waals surface area contributed by atoms with Gasteiger partial charge in [0, 0.05) is 21.1 Å². The fraction of sp³-hybridized carbons (Fsp3) is 0.273. The highest BCUT2D eigenvalue weighted by Crippen LogP contribution is 2.28. The summed E-state index contributed by atoms with van der Waals surface area (Å²) in [7, 11) is 0. The molecular formula is C11H10BrIN2O2S. The second-order valence-corrected chi connectivity index (χ2v) is 6.69. The molecule has 1 saturated heterocycles. The molecule has 96 valence electrons. The summed E-state index contributed by atoms with van der Waals surface area (Å²) in [6, 6.07) is 7.69. The number of thioether (sulfide) groups is 1. The number of anilines is 1. The summed E-state index contributed by atoms with van der Waals surface area (Å²) < 4.78 is 1.13. The normalized spacial score (nSPS) is 19.4. The summed E-state index contributed by atoms with van der Waals surface area (Å²) in [4.78, 5) is 24.9. The molecule has 2 amide bonds. The van der Waals surface area contributed by atoms with Crippen molar-refractivity contribution < 1.29 is 9.59 Å². The number of carbonyl (C=O) groups is 2. The first-order chi connectivity index (χ1) is 8.61. The molecule has 0 spiro atoms. The van der Waals surface area contributed by atoms with Crippen LogP contribution in [-0.2, 0) is 4.79 Å². The van der Waals surface area contributed by atoms with Gasteiger partial charge in [-0.2, -0.15) is 0 Å². The topological polar surface area (TPSA) is 49.4 Å². The first-order valence-electron chi connectivity index (χ1n) is 5.22. The smallest absolute Gasteiger partial charge is 0.290 e. The summed E-state index contributed by atoms with van der Waals surface area (Å²) in [6.07, 6.45) is 0. The molecule has 0 aliphatic carbocycles. The first-order valence-corrected chi connectivity index (χ1v) is 8.30. The van der Waals surface area contributed by atoms with E-state index in [9.17, 15) is 9.59 Å². The molecule has 2 rings (SSSR count). The maximum Gasteiger partial charge on any atom is 0.290 e. The lowest BCUT2D eigenvalue weighted by Gasteiger charge is -2.13. The molecule has 0 bridgehead atoms. The molecule has 1 aliphatic rings. The van der Waals surface area contributed by atoms with E-state index < -0.39 is 5.37 Å². The quantitative estimate of drug-likeness (QED) is 0.577. The van der Waals surface area contributed by atoms with Gasteiger partial charge < -0.3 is 5.32 Å². The van der Waals surface area contributed by atoms with Crippen LogP contribution in [0, 0.1) is 3.57 Å². The van der Waals surface area contributed by atoms with Crippen molar-refractivity contribution in [2.45, 2.75) is 5.37 Å². The molecule has 1 atom stereocenters. The molecule has 18 heavy (non-hydrogen) atoms. The summed E-state index contributed by atoms with van der Waals surface area (Å²) >= 11 is 6.47. The molecule has 1 N–H and O–H groups in total. The number of hydrogen-bond acceptors (Lipinski definition) is 4. The van der Waals surface area contributed by atoms with E-state index in [0.717, 1.165) is 21.0 Å². The standard InChI is InChI=1S/C11H10BrIN2O2S/c12-5-6-15-10(16)9(18-11(15)17)14-8-3-1-7(13)2-4-8/h1-4,9,14H,5-6H2/t9-/m0/s1. The SMILES string of the molecule is O=C1S[C@H](Nc2ccc(I)cc2)C(=O)N1CCBr. The predicted molar refractivity (Wildman–Crippen MR) is 85.1 cm³/mol. The van der Waals surface area contributed by atoms with Crippen LogP contribution in [0.3, 0.4) is 0 Å². The Hall–Kier alpha value is -0.280. The molecule has 1 heterocycles. The van der Waals surface area contributed by atoms with Crippen molar-refractivity contribution in [3.63, 3.8) is 0 Å². The Morgan fingerprint density at radius 1 is 1.33 bits per heavy atom. The maximum atomic E-state index is 12.0. The Morgan fingerprint density at radius 3 is 2.61 bits per heavy atom. The van der Waals surface area contributed by atoms with Crippen LogP contribution in [0.4, 0.5) is 10.5 Å².